The molecule has 0 aromatic carbocycles. The molecule has 0 unspecified atom stereocenters. The van der Waals surface area contributed by atoms with Gasteiger partial charge in [-0.3, -0.25) is 4.79 Å². The maximum atomic E-state index is 10.7. The lowest BCUT2D eigenvalue weighted by Crippen LogP contribution is -2.07. The van der Waals surface area contributed by atoms with Crippen LogP contribution in [0.1, 0.15) is 20.3 Å². The predicted molar refractivity (Wildman–Crippen MR) is 40.7 cm³/mol. The number of hydrogen-bond acceptors (Lipinski definition) is 2. The third-order valence-corrected chi connectivity index (χ3v) is 3.26. The largest absolute Gasteiger partial charge is 0.299 e. The van der Waals surface area contributed by atoms with Crippen molar-refractivity contribution in [1.82, 2.24) is 0 Å². The van der Waals surface area contributed by atoms with Gasteiger partial charge in [-0.1, -0.05) is 13.8 Å². The zero-order chi connectivity index (χ0) is 6.85. The average molecular weight is 144 g/mol. The maximum absolute atomic E-state index is 10.7. The molecule has 0 bridgehead atoms. The normalized spacial score (nSPS) is 27.9. The SMILES string of the molecule is CC(C)[C@@H]1CC(=O)CS1. The Hall–Kier alpha value is 0.0200. The van der Waals surface area contributed by atoms with Crippen LogP contribution in [0.3, 0.4) is 0 Å². The van der Waals surface area contributed by atoms with E-state index in [1.807, 2.05) is 11.8 Å². The number of rotatable bonds is 1. The van der Waals surface area contributed by atoms with Crippen LogP contribution < -0.4 is 0 Å². The molecular weight excluding hydrogens is 132 g/mol. The Kier molecular flexibility index (Phi) is 2.17. The molecule has 1 aliphatic rings. The number of carbonyl (C=O) groups is 1. The van der Waals surface area contributed by atoms with Crippen LogP contribution in [0.25, 0.3) is 0 Å². The standard InChI is InChI=1S/C7H12OS/c1-5(2)7-3-6(8)4-9-7/h5,7H,3-4H2,1-2H3/t7-/m0/s1. The highest BCUT2D eigenvalue weighted by Gasteiger charge is 2.24. The van der Waals surface area contributed by atoms with Gasteiger partial charge in [-0.15, -0.1) is 11.8 Å². The predicted octanol–water partition coefficient (Wildman–Crippen LogP) is 1.72. The number of hydrogen-bond donors (Lipinski definition) is 0. The monoisotopic (exact) mass is 144 g/mol. The van der Waals surface area contributed by atoms with Crippen LogP contribution in [0.2, 0.25) is 0 Å². The molecule has 9 heavy (non-hydrogen) atoms. The van der Waals surface area contributed by atoms with E-state index in [4.69, 9.17) is 0 Å². The summed E-state index contributed by atoms with van der Waals surface area (Å²) in [5.74, 6) is 1.85. The third kappa shape index (κ3) is 1.71. The molecule has 1 rings (SSSR count). The first-order valence-corrected chi connectivity index (χ1v) is 4.38. The first kappa shape index (κ1) is 7.13. The molecule has 1 atom stereocenters. The highest BCUT2D eigenvalue weighted by atomic mass is 32.2. The Labute approximate surface area is 60.2 Å². The summed E-state index contributed by atoms with van der Waals surface area (Å²) in [6.45, 7) is 4.35. The molecule has 1 fully saturated rings. The van der Waals surface area contributed by atoms with E-state index in [1.165, 1.54) is 0 Å². The van der Waals surface area contributed by atoms with E-state index in [-0.39, 0.29) is 0 Å². The molecule has 1 nitrogen and oxygen atoms in total. The summed E-state index contributed by atoms with van der Waals surface area (Å²) in [6, 6.07) is 0. The number of thioether (sulfide) groups is 1. The fourth-order valence-corrected chi connectivity index (χ4v) is 2.18. The van der Waals surface area contributed by atoms with Gasteiger partial charge >= 0.3 is 0 Å². The van der Waals surface area contributed by atoms with Crippen molar-refractivity contribution in [2.45, 2.75) is 25.5 Å². The second kappa shape index (κ2) is 2.74. The van der Waals surface area contributed by atoms with E-state index >= 15 is 0 Å². The quantitative estimate of drug-likeness (QED) is 0.557. The summed E-state index contributed by atoms with van der Waals surface area (Å²) in [6.07, 6.45) is 0.808. The van der Waals surface area contributed by atoms with E-state index in [0.29, 0.717) is 17.0 Å². The molecule has 0 aliphatic carbocycles. The summed E-state index contributed by atoms with van der Waals surface area (Å²) in [5, 5.41) is 0.609. The van der Waals surface area contributed by atoms with Gasteiger partial charge in [0.2, 0.25) is 0 Å². The van der Waals surface area contributed by atoms with Crippen molar-refractivity contribution < 1.29 is 4.79 Å². The first-order chi connectivity index (χ1) is 4.20. The highest BCUT2D eigenvalue weighted by Crippen LogP contribution is 2.29. The Balaban J connectivity index is 2.39. The minimum Gasteiger partial charge on any atom is -0.299 e. The van der Waals surface area contributed by atoms with E-state index in [0.717, 1.165) is 12.2 Å². The topological polar surface area (TPSA) is 17.1 Å². The van der Waals surface area contributed by atoms with Crippen LogP contribution >= 0.6 is 11.8 Å². The zero-order valence-electron chi connectivity index (χ0n) is 5.89. The molecule has 2 heteroatoms. The Morgan fingerprint density at radius 2 is 2.33 bits per heavy atom. The van der Waals surface area contributed by atoms with Gasteiger partial charge in [0.15, 0.2) is 0 Å². The Bertz CT molecular complexity index is 120. The van der Waals surface area contributed by atoms with Crippen LogP contribution in [-0.4, -0.2) is 16.8 Å². The van der Waals surface area contributed by atoms with Crippen LogP contribution in [0.5, 0.6) is 0 Å². The van der Waals surface area contributed by atoms with Gasteiger partial charge < -0.3 is 0 Å². The molecule has 0 N–H and O–H groups in total. The van der Waals surface area contributed by atoms with Crippen LogP contribution in [0, 0.1) is 5.92 Å². The minimum absolute atomic E-state index is 0.429. The van der Waals surface area contributed by atoms with Gasteiger partial charge in [0, 0.05) is 11.7 Å². The summed E-state index contributed by atoms with van der Waals surface area (Å²) >= 11 is 1.81. The van der Waals surface area contributed by atoms with Gasteiger partial charge in [0.25, 0.3) is 0 Å². The summed E-state index contributed by atoms with van der Waals surface area (Å²) in [7, 11) is 0. The second-order valence-corrected chi connectivity index (χ2v) is 4.06. The summed E-state index contributed by atoms with van der Waals surface area (Å²) in [5.41, 5.74) is 0. The lowest BCUT2D eigenvalue weighted by atomic mass is 10.1. The second-order valence-electron chi connectivity index (χ2n) is 2.84. The van der Waals surface area contributed by atoms with Crippen molar-refractivity contribution >= 4 is 17.5 Å². The van der Waals surface area contributed by atoms with E-state index < -0.39 is 0 Å². The van der Waals surface area contributed by atoms with Crippen molar-refractivity contribution in [2.75, 3.05) is 5.75 Å². The van der Waals surface area contributed by atoms with Crippen molar-refractivity contribution in [3.05, 3.63) is 0 Å². The molecule has 52 valence electrons. The molecule has 1 saturated heterocycles. The van der Waals surface area contributed by atoms with Crippen molar-refractivity contribution in [3.8, 4) is 0 Å². The molecule has 0 saturated carbocycles. The number of ketones is 1. The average Bonchev–Trinajstić information content (AvgIpc) is 2.14. The summed E-state index contributed by atoms with van der Waals surface area (Å²) < 4.78 is 0. The Morgan fingerprint density at radius 3 is 2.56 bits per heavy atom. The highest BCUT2D eigenvalue weighted by molar-refractivity contribution is 8.01. The van der Waals surface area contributed by atoms with Crippen LogP contribution in [-0.2, 0) is 4.79 Å². The molecule has 1 heterocycles. The minimum atomic E-state index is 0.429. The van der Waals surface area contributed by atoms with Gasteiger partial charge in [0.1, 0.15) is 5.78 Å². The number of Topliss-reactive ketones (excluding diaryl/α,β-unsaturated/α-hetero) is 1. The maximum Gasteiger partial charge on any atom is 0.143 e. The zero-order valence-corrected chi connectivity index (χ0v) is 6.70. The molecule has 0 aromatic rings. The van der Waals surface area contributed by atoms with Crippen molar-refractivity contribution in [3.63, 3.8) is 0 Å². The molecular formula is C7H12OS. The third-order valence-electron chi connectivity index (χ3n) is 1.63. The van der Waals surface area contributed by atoms with Crippen LogP contribution in [0.4, 0.5) is 0 Å². The van der Waals surface area contributed by atoms with Crippen molar-refractivity contribution in [1.29, 1.82) is 0 Å². The fourth-order valence-electron chi connectivity index (χ4n) is 0.970. The van der Waals surface area contributed by atoms with Gasteiger partial charge in [-0.05, 0) is 5.92 Å². The van der Waals surface area contributed by atoms with E-state index in [9.17, 15) is 4.79 Å². The molecule has 0 radical (unpaired) electrons. The fraction of sp³-hybridized carbons (Fsp3) is 0.857. The lowest BCUT2D eigenvalue weighted by Gasteiger charge is -2.09. The van der Waals surface area contributed by atoms with Crippen molar-refractivity contribution in [2.24, 2.45) is 5.92 Å². The van der Waals surface area contributed by atoms with Gasteiger partial charge in [-0.2, -0.15) is 0 Å². The molecule has 0 spiro atoms. The molecule has 0 aromatic heterocycles. The van der Waals surface area contributed by atoms with Gasteiger partial charge in [0.05, 0.1) is 5.75 Å². The van der Waals surface area contributed by atoms with Crippen LogP contribution in [0.15, 0.2) is 0 Å². The number of carbonyl (C=O) groups excluding carboxylic acids is 1. The smallest absolute Gasteiger partial charge is 0.143 e. The lowest BCUT2D eigenvalue weighted by molar-refractivity contribution is -0.116. The van der Waals surface area contributed by atoms with E-state index in [2.05, 4.69) is 13.8 Å². The van der Waals surface area contributed by atoms with E-state index in [1.54, 1.807) is 0 Å². The van der Waals surface area contributed by atoms with Gasteiger partial charge in [-0.25, -0.2) is 0 Å². The first-order valence-electron chi connectivity index (χ1n) is 3.33. The molecule has 0 amide bonds. The Morgan fingerprint density at radius 1 is 1.67 bits per heavy atom. The molecule has 1 aliphatic heterocycles. The summed E-state index contributed by atoms with van der Waals surface area (Å²) in [4.78, 5) is 10.7.